The van der Waals surface area contributed by atoms with Crippen molar-refractivity contribution in [3.63, 3.8) is 0 Å². The van der Waals surface area contributed by atoms with Crippen molar-refractivity contribution in [3.8, 4) is 0 Å². The van der Waals surface area contributed by atoms with E-state index in [4.69, 9.17) is 4.74 Å². The quantitative estimate of drug-likeness (QED) is 0.160. The molecule has 0 aliphatic carbocycles. The van der Waals surface area contributed by atoms with Crippen LogP contribution in [0.3, 0.4) is 0 Å². The molecule has 27 heavy (non-hydrogen) atoms. The van der Waals surface area contributed by atoms with E-state index >= 15 is 0 Å². The Labute approximate surface area is 173 Å². The summed E-state index contributed by atoms with van der Waals surface area (Å²) in [6, 6.07) is 0. The van der Waals surface area contributed by atoms with Crippen molar-refractivity contribution in [3.05, 3.63) is 0 Å². The highest BCUT2D eigenvalue weighted by Gasteiger charge is 2.05. The van der Waals surface area contributed by atoms with Gasteiger partial charge in [-0.1, -0.05) is 136 Å². The summed E-state index contributed by atoms with van der Waals surface area (Å²) >= 11 is 0. The molecule has 0 aromatic carbocycles. The van der Waals surface area contributed by atoms with Gasteiger partial charge in [-0.25, -0.2) is 0 Å². The van der Waals surface area contributed by atoms with Gasteiger partial charge in [0.25, 0.3) is 0 Å². The molecule has 0 aliphatic heterocycles. The standard InChI is InChI=1S/C26H54O/c1-4-7-9-10-11-12-13-14-15-16-17-18-19-20-21-22-23-24-26(6-3)27-25-8-5-2/h26H,4-25H2,1-3H3. The van der Waals surface area contributed by atoms with Crippen molar-refractivity contribution in [1.29, 1.82) is 0 Å². The third-order valence-electron chi connectivity index (χ3n) is 5.94. The molecule has 0 saturated heterocycles. The van der Waals surface area contributed by atoms with Gasteiger partial charge in [0.15, 0.2) is 0 Å². The van der Waals surface area contributed by atoms with E-state index in [2.05, 4.69) is 20.8 Å². The van der Waals surface area contributed by atoms with Crippen molar-refractivity contribution in [2.75, 3.05) is 6.61 Å². The van der Waals surface area contributed by atoms with E-state index in [1.807, 2.05) is 0 Å². The highest BCUT2D eigenvalue weighted by Crippen LogP contribution is 2.15. The van der Waals surface area contributed by atoms with Crippen LogP contribution in [0.15, 0.2) is 0 Å². The Kier molecular flexibility index (Phi) is 24.0. The van der Waals surface area contributed by atoms with Gasteiger partial charge in [0, 0.05) is 6.61 Å². The zero-order valence-electron chi connectivity index (χ0n) is 19.5. The molecule has 0 fully saturated rings. The first-order valence-corrected chi connectivity index (χ1v) is 13.0. The van der Waals surface area contributed by atoms with Crippen molar-refractivity contribution in [1.82, 2.24) is 0 Å². The summed E-state index contributed by atoms with van der Waals surface area (Å²) in [4.78, 5) is 0. The van der Waals surface area contributed by atoms with Crippen LogP contribution in [0.5, 0.6) is 0 Å². The molecule has 0 heterocycles. The van der Waals surface area contributed by atoms with Crippen LogP contribution in [0, 0.1) is 0 Å². The Hall–Kier alpha value is -0.0400. The molecular formula is C26H54O. The van der Waals surface area contributed by atoms with E-state index in [0.717, 1.165) is 6.61 Å². The van der Waals surface area contributed by atoms with Crippen molar-refractivity contribution in [2.24, 2.45) is 0 Å². The van der Waals surface area contributed by atoms with Gasteiger partial charge in [-0.15, -0.1) is 0 Å². The fourth-order valence-corrected chi connectivity index (χ4v) is 3.90. The largest absolute Gasteiger partial charge is 0.378 e. The highest BCUT2D eigenvalue weighted by molar-refractivity contribution is 4.57. The van der Waals surface area contributed by atoms with Gasteiger partial charge in [-0.2, -0.15) is 0 Å². The molecule has 0 saturated carbocycles. The van der Waals surface area contributed by atoms with Crippen LogP contribution < -0.4 is 0 Å². The van der Waals surface area contributed by atoms with E-state index in [-0.39, 0.29) is 0 Å². The summed E-state index contributed by atoms with van der Waals surface area (Å²) in [5, 5.41) is 0. The van der Waals surface area contributed by atoms with Gasteiger partial charge in [0.1, 0.15) is 0 Å². The summed E-state index contributed by atoms with van der Waals surface area (Å²) in [6.45, 7) is 7.77. The van der Waals surface area contributed by atoms with Crippen molar-refractivity contribution < 1.29 is 4.74 Å². The average Bonchev–Trinajstić information content (AvgIpc) is 2.69. The Morgan fingerprint density at radius 1 is 0.444 bits per heavy atom. The van der Waals surface area contributed by atoms with Gasteiger partial charge in [0.2, 0.25) is 0 Å². The highest BCUT2D eigenvalue weighted by atomic mass is 16.5. The van der Waals surface area contributed by atoms with E-state index in [1.54, 1.807) is 0 Å². The summed E-state index contributed by atoms with van der Waals surface area (Å²) in [6.07, 6.45) is 30.1. The number of hydrogen-bond acceptors (Lipinski definition) is 1. The normalized spacial score (nSPS) is 12.6. The first-order chi connectivity index (χ1) is 13.3. The molecular weight excluding hydrogens is 328 g/mol. The van der Waals surface area contributed by atoms with E-state index in [0.29, 0.717) is 6.10 Å². The van der Waals surface area contributed by atoms with Crippen LogP contribution in [0.4, 0.5) is 0 Å². The topological polar surface area (TPSA) is 9.23 Å². The molecule has 1 nitrogen and oxygen atoms in total. The maximum atomic E-state index is 5.96. The van der Waals surface area contributed by atoms with E-state index in [9.17, 15) is 0 Å². The fraction of sp³-hybridized carbons (Fsp3) is 1.00. The number of unbranched alkanes of at least 4 members (excludes halogenated alkanes) is 17. The Morgan fingerprint density at radius 3 is 1.19 bits per heavy atom. The third kappa shape index (κ3) is 22.1. The molecule has 1 unspecified atom stereocenters. The van der Waals surface area contributed by atoms with E-state index in [1.165, 1.54) is 135 Å². The second kappa shape index (κ2) is 24.0. The minimum Gasteiger partial charge on any atom is -0.378 e. The predicted octanol–water partition coefficient (Wildman–Crippen LogP) is 9.62. The monoisotopic (exact) mass is 382 g/mol. The molecule has 0 N–H and O–H groups in total. The smallest absolute Gasteiger partial charge is 0.0572 e. The molecule has 0 bridgehead atoms. The van der Waals surface area contributed by atoms with Crippen LogP contribution in [0.2, 0.25) is 0 Å². The summed E-state index contributed by atoms with van der Waals surface area (Å²) in [5.74, 6) is 0. The van der Waals surface area contributed by atoms with Crippen molar-refractivity contribution in [2.45, 2.75) is 162 Å². The SMILES string of the molecule is CCCCCCCCCCCCCCCCCCCC(CC)OCCCC. The maximum absolute atomic E-state index is 5.96. The Morgan fingerprint density at radius 2 is 0.815 bits per heavy atom. The molecule has 1 heteroatoms. The lowest BCUT2D eigenvalue weighted by Gasteiger charge is -2.15. The molecule has 0 aromatic heterocycles. The lowest BCUT2D eigenvalue weighted by Crippen LogP contribution is -2.12. The molecule has 0 amide bonds. The minimum absolute atomic E-state index is 0.521. The minimum atomic E-state index is 0.521. The molecule has 0 spiro atoms. The second-order valence-corrected chi connectivity index (χ2v) is 8.70. The first-order valence-electron chi connectivity index (χ1n) is 13.0. The average molecular weight is 383 g/mol. The molecule has 164 valence electrons. The van der Waals surface area contributed by atoms with Crippen LogP contribution in [0.1, 0.15) is 156 Å². The number of rotatable bonds is 23. The molecule has 0 radical (unpaired) electrons. The molecule has 0 aromatic rings. The van der Waals surface area contributed by atoms with Crippen LogP contribution in [-0.2, 0) is 4.74 Å². The third-order valence-corrected chi connectivity index (χ3v) is 5.94. The molecule has 0 aliphatic rings. The van der Waals surface area contributed by atoms with Gasteiger partial charge in [-0.05, 0) is 19.3 Å². The number of ether oxygens (including phenoxy) is 1. The summed E-state index contributed by atoms with van der Waals surface area (Å²) < 4.78 is 5.96. The second-order valence-electron chi connectivity index (χ2n) is 8.70. The van der Waals surface area contributed by atoms with Crippen LogP contribution >= 0.6 is 0 Å². The Bertz CT molecular complexity index is 251. The van der Waals surface area contributed by atoms with Gasteiger partial charge < -0.3 is 4.74 Å². The predicted molar refractivity (Wildman–Crippen MR) is 124 cm³/mol. The zero-order chi connectivity index (χ0) is 19.8. The van der Waals surface area contributed by atoms with Gasteiger partial charge >= 0.3 is 0 Å². The Balaban J connectivity index is 3.14. The maximum Gasteiger partial charge on any atom is 0.0572 e. The summed E-state index contributed by atoms with van der Waals surface area (Å²) in [5.41, 5.74) is 0. The lowest BCUT2D eigenvalue weighted by molar-refractivity contribution is 0.0414. The van der Waals surface area contributed by atoms with Crippen LogP contribution in [0.25, 0.3) is 0 Å². The van der Waals surface area contributed by atoms with Gasteiger partial charge in [-0.3, -0.25) is 0 Å². The number of hydrogen-bond donors (Lipinski definition) is 0. The zero-order valence-corrected chi connectivity index (χ0v) is 19.5. The molecule has 1 atom stereocenters. The summed E-state index contributed by atoms with van der Waals surface area (Å²) in [7, 11) is 0. The van der Waals surface area contributed by atoms with E-state index < -0.39 is 0 Å². The fourth-order valence-electron chi connectivity index (χ4n) is 3.90. The van der Waals surface area contributed by atoms with Crippen molar-refractivity contribution >= 4 is 0 Å². The first kappa shape index (κ1) is 27.0. The molecule has 0 rings (SSSR count). The lowest BCUT2D eigenvalue weighted by atomic mass is 10.0. The van der Waals surface area contributed by atoms with Crippen LogP contribution in [-0.4, -0.2) is 12.7 Å². The van der Waals surface area contributed by atoms with Gasteiger partial charge in [0.05, 0.1) is 6.10 Å².